The van der Waals surface area contributed by atoms with E-state index in [4.69, 9.17) is 4.74 Å². The van der Waals surface area contributed by atoms with Crippen LogP contribution in [0.1, 0.15) is 79.2 Å². The van der Waals surface area contributed by atoms with Gasteiger partial charge >= 0.3 is 0 Å². The van der Waals surface area contributed by atoms with Crippen LogP contribution in [0, 0.1) is 11.8 Å². The summed E-state index contributed by atoms with van der Waals surface area (Å²) < 4.78 is 6.08. The summed E-state index contributed by atoms with van der Waals surface area (Å²) in [6.45, 7) is 8.50. The number of hydrogen-bond acceptors (Lipinski definition) is 4. The van der Waals surface area contributed by atoms with Crippen LogP contribution in [0.2, 0.25) is 0 Å². The van der Waals surface area contributed by atoms with Gasteiger partial charge in [0, 0.05) is 18.2 Å². The molecule has 2 saturated heterocycles. The lowest BCUT2D eigenvalue weighted by molar-refractivity contribution is -0.145. The van der Waals surface area contributed by atoms with Gasteiger partial charge in [-0.15, -0.1) is 0 Å². The van der Waals surface area contributed by atoms with Crippen molar-refractivity contribution in [1.29, 1.82) is 0 Å². The van der Waals surface area contributed by atoms with Crippen LogP contribution in [-0.4, -0.2) is 42.5 Å². The molecule has 2 amide bonds. The van der Waals surface area contributed by atoms with Gasteiger partial charge in [0.25, 0.3) is 5.91 Å². The highest BCUT2D eigenvalue weighted by Gasteiger charge is 2.46. The zero-order chi connectivity index (χ0) is 24.5. The molecule has 2 fully saturated rings. The summed E-state index contributed by atoms with van der Waals surface area (Å²) >= 11 is 0. The molecule has 0 saturated carbocycles. The molecule has 0 aromatic heterocycles. The first-order valence-corrected chi connectivity index (χ1v) is 13.1. The Kier molecular flexibility index (Phi) is 6.83. The van der Waals surface area contributed by atoms with Gasteiger partial charge in [-0.25, -0.2) is 0 Å². The summed E-state index contributed by atoms with van der Waals surface area (Å²) in [6, 6.07) is 14.0. The maximum absolute atomic E-state index is 13.7. The molecule has 6 heteroatoms. The molecular weight excluding hydrogens is 438 g/mol. The van der Waals surface area contributed by atoms with Crippen molar-refractivity contribution in [2.75, 3.05) is 19.7 Å². The lowest BCUT2D eigenvalue weighted by Crippen LogP contribution is -2.58. The zero-order valence-corrected chi connectivity index (χ0v) is 21.0. The molecule has 5 rings (SSSR count). The molecule has 0 radical (unpaired) electrons. The van der Waals surface area contributed by atoms with Crippen LogP contribution >= 0.6 is 0 Å². The number of rotatable bonds is 6. The second kappa shape index (κ2) is 10.0. The van der Waals surface area contributed by atoms with Crippen LogP contribution in [0.5, 0.6) is 5.75 Å². The third-order valence-electron chi connectivity index (χ3n) is 7.71. The van der Waals surface area contributed by atoms with Gasteiger partial charge < -0.3 is 20.3 Å². The number of fused-ring (bicyclic) bond motifs is 4. The SMILES string of the molecule is CC(C)COc1cc2c(c(C(=O)N[C@H](C)c3ccccc3)c1)[C@H]1C[C@H]3NCCC[C@H]3C(=O)N1CC2. The summed E-state index contributed by atoms with van der Waals surface area (Å²) in [7, 11) is 0. The number of amides is 2. The van der Waals surface area contributed by atoms with Crippen molar-refractivity contribution in [2.24, 2.45) is 11.8 Å². The maximum Gasteiger partial charge on any atom is 0.252 e. The van der Waals surface area contributed by atoms with Crippen molar-refractivity contribution in [3.8, 4) is 5.75 Å². The Bertz CT molecular complexity index is 1080. The van der Waals surface area contributed by atoms with Crippen LogP contribution in [0.15, 0.2) is 42.5 Å². The largest absolute Gasteiger partial charge is 0.493 e. The summed E-state index contributed by atoms with van der Waals surface area (Å²) in [5.74, 6) is 1.32. The average Bonchev–Trinajstić information content (AvgIpc) is 2.87. The molecule has 0 spiro atoms. The number of carbonyl (C=O) groups excluding carboxylic acids is 2. The van der Waals surface area contributed by atoms with Crippen molar-refractivity contribution in [3.05, 3.63) is 64.7 Å². The fraction of sp³-hybridized carbons (Fsp3) is 0.517. The molecule has 2 aromatic rings. The number of nitrogens with zero attached hydrogens (tertiary/aromatic N) is 1. The van der Waals surface area contributed by atoms with E-state index in [1.807, 2.05) is 48.2 Å². The monoisotopic (exact) mass is 475 g/mol. The van der Waals surface area contributed by atoms with Crippen molar-refractivity contribution in [3.63, 3.8) is 0 Å². The summed E-state index contributed by atoms with van der Waals surface area (Å²) in [6.07, 6.45) is 3.60. The molecule has 0 unspecified atom stereocenters. The van der Waals surface area contributed by atoms with Gasteiger partial charge in [0.1, 0.15) is 5.75 Å². The highest BCUT2D eigenvalue weighted by molar-refractivity contribution is 5.97. The number of carbonyl (C=O) groups is 2. The minimum absolute atomic E-state index is 0.0607. The Hall–Kier alpha value is -2.86. The van der Waals surface area contributed by atoms with E-state index in [0.717, 1.165) is 54.7 Å². The van der Waals surface area contributed by atoms with Crippen molar-refractivity contribution in [1.82, 2.24) is 15.5 Å². The second-order valence-corrected chi connectivity index (χ2v) is 10.7. The first kappa shape index (κ1) is 23.9. The van der Waals surface area contributed by atoms with Crippen LogP contribution in [0.4, 0.5) is 0 Å². The molecule has 0 bridgehead atoms. The van der Waals surface area contributed by atoms with Crippen molar-refractivity contribution < 1.29 is 14.3 Å². The fourth-order valence-electron chi connectivity index (χ4n) is 5.93. The van der Waals surface area contributed by atoms with E-state index in [1.54, 1.807) is 0 Å². The topological polar surface area (TPSA) is 70.7 Å². The predicted molar refractivity (Wildman–Crippen MR) is 136 cm³/mol. The van der Waals surface area contributed by atoms with E-state index in [2.05, 4.69) is 30.5 Å². The highest BCUT2D eigenvalue weighted by Crippen LogP contribution is 2.44. The fourth-order valence-corrected chi connectivity index (χ4v) is 5.93. The van der Waals surface area contributed by atoms with Gasteiger partial charge in [-0.3, -0.25) is 9.59 Å². The van der Waals surface area contributed by atoms with E-state index in [9.17, 15) is 9.59 Å². The van der Waals surface area contributed by atoms with Gasteiger partial charge in [0.15, 0.2) is 0 Å². The Labute approximate surface area is 208 Å². The number of piperidine rings is 2. The lowest BCUT2D eigenvalue weighted by Gasteiger charge is -2.48. The summed E-state index contributed by atoms with van der Waals surface area (Å²) in [5, 5.41) is 6.79. The van der Waals surface area contributed by atoms with Gasteiger partial charge in [0.05, 0.1) is 24.6 Å². The van der Waals surface area contributed by atoms with Gasteiger partial charge in [-0.2, -0.15) is 0 Å². The van der Waals surface area contributed by atoms with E-state index < -0.39 is 0 Å². The lowest BCUT2D eigenvalue weighted by atomic mass is 9.75. The summed E-state index contributed by atoms with van der Waals surface area (Å²) in [4.78, 5) is 29.2. The van der Waals surface area contributed by atoms with Gasteiger partial charge in [-0.1, -0.05) is 44.2 Å². The Morgan fingerprint density at radius 1 is 1.20 bits per heavy atom. The number of ether oxygens (including phenoxy) is 1. The van der Waals surface area contributed by atoms with Crippen LogP contribution in [0.25, 0.3) is 0 Å². The molecule has 0 aliphatic carbocycles. The molecular formula is C29H37N3O3. The Morgan fingerprint density at radius 3 is 2.77 bits per heavy atom. The van der Waals surface area contributed by atoms with E-state index in [1.165, 1.54) is 0 Å². The first-order valence-electron chi connectivity index (χ1n) is 13.1. The second-order valence-electron chi connectivity index (χ2n) is 10.7. The molecule has 3 heterocycles. The molecule has 3 aliphatic rings. The molecule has 2 N–H and O–H groups in total. The average molecular weight is 476 g/mol. The predicted octanol–water partition coefficient (Wildman–Crippen LogP) is 4.41. The first-order chi connectivity index (χ1) is 16.9. The molecule has 4 atom stereocenters. The van der Waals surface area contributed by atoms with Gasteiger partial charge in [0.2, 0.25) is 5.91 Å². The molecule has 35 heavy (non-hydrogen) atoms. The van der Waals surface area contributed by atoms with Gasteiger partial charge in [-0.05, 0) is 73.9 Å². The van der Waals surface area contributed by atoms with E-state index in [-0.39, 0.29) is 35.9 Å². The van der Waals surface area contributed by atoms with E-state index in [0.29, 0.717) is 24.6 Å². The number of benzene rings is 2. The Morgan fingerprint density at radius 2 is 2.00 bits per heavy atom. The molecule has 2 aromatic carbocycles. The standard InChI is InChI=1S/C29H37N3O3/c1-18(2)17-35-22-14-21-11-13-32-26(16-25-23(29(32)34)10-7-12-30-25)27(21)24(15-22)28(33)31-19(3)20-8-5-4-6-9-20/h4-6,8-9,14-15,18-19,23,25-26,30H,7,10-13,16-17H2,1-3H3,(H,31,33)/t19-,23-,25-,26-/m1/s1. The Balaban J connectivity index is 1.50. The van der Waals surface area contributed by atoms with Crippen molar-refractivity contribution >= 4 is 11.8 Å². The minimum Gasteiger partial charge on any atom is -0.493 e. The highest BCUT2D eigenvalue weighted by atomic mass is 16.5. The minimum atomic E-state index is -0.128. The molecule has 3 aliphatic heterocycles. The number of hydrogen-bond donors (Lipinski definition) is 2. The smallest absolute Gasteiger partial charge is 0.252 e. The molecule has 186 valence electrons. The van der Waals surface area contributed by atoms with Crippen molar-refractivity contribution in [2.45, 2.75) is 64.6 Å². The van der Waals surface area contributed by atoms with E-state index >= 15 is 0 Å². The third-order valence-corrected chi connectivity index (χ3v) is 7.71. The quantitative estimate of drug-likeness (QED) is 0.649. The van der Waals surface area contributed by atoms with Crippen LogP contribution in [-0.2, 0) is 11.2 Å². The molecule has 6 nitrogen and oxygen atoms in total. The maximum atomic E-state index is 13.7. The zero-order valence-electron chi connectivity index (χ0n) is 21.0. The third kappa shape index (κ3) is 4.81. The number of nitrogens with one attached hydrogen (secondary N) is 2. The normalized spacial score (nSPS) is 24.3. The summed E-state index contributed by atoms with van der Waals surface area (Å²) in [5.41, 5.74) is 3.84. The van der Waals surface area contributed by atoms with Crippen LogP contribution in [0.3, 0.4) is 0 Å². The van der Waals surface area contributed by atoms with Crippen LogP contribution < -0.4 is 15.4 Å².